The van der Waals surface area contributed by atoms with Gasteiger partial charge in [-0.05, 0) is 34.4 Å². The minimum Gasteiger partial charge on any atom is -0.356 e. The van der Waals surface area contributed by atoms with Gasteiger partial charge in [0, 0.05) is 27.1 Å². The zero-order valence-electron chi connectivity index (χ0n) is 24.2. The van der Waals surface area contributed by atoms with Gasteiger partial charge < -0.3 is 24.2 Å². The largest absolute Gasteiger partial charge is 0.356 e. The third kappa shape index (κ3) is 6.74. The van der Waals surface area contributed by atoms with E-state index >= 15 is 0 Å². The number of aldehydes is 1. The summed E-state index contributed by atoms with van der Waals surface area (Å²) in [5.41, 5.74) is 7.06. The second-order valence-electron chi connectivity index (χ2n) is 10.1. The van der Waals surface area contributed by atoms with Gasteiger partial charge in [-0.3, -0.25) is 9.13 Å². The number of nitrogens with one attached hydrogen (secondary N) is 2. The average Bonchev–Trinajstić information content (AvgIpc) is 3.53. The number of hydrogen-bond donors (Lipinski definition) is 2. The Bertz CT molecular complexity index is 1920. The first-order valence-corrected chi connectivity index (χ1v) is 14.0. The Hall–Kier alpha value is -4.99. The van der Waals surface area contributed by atoms with E-state index in [1.807, 2.05) is 97.1 Å². The van der Waals surface area contributed by atoms with Crippen LogP contribution in [-0.2, 0) is 40.2 Å². The standard InChI is InChI=1S/C18H20N2O3.C16H14N2O2/c1-22-16(23-2)11-14-9-6-10-15-17(14)19-18(21)20(15)12-13-7-4-3-5-8-13;19-10-9-13-7-4-8-14-15(13)17-16(20)18(14)11-12-5-2-1-3-6-12/h3-10,16H,11-12H2,1-2H3,(H,19,21);1-8,10H,9,11H2,(H,17,20). The van der Waals surface area contributed by atoms with Crippen LogP contribution < -0.4 is 11.4 Å². The molecule has 2 N–H and O–H groups in total. The molecule has 0 unspecified atom stereocenters. The molecule has 0 bridgehead atoms. The number of ether oxygens (including phenoxy) is 2. The van der Waals surface area contributed by atoms with Gasteiger partial charge in [0.1, 0.15) is 6.29 Å². The summed E-state index contributed by atoms with van der Waals surface area (Å²) in [5.74, 6) is 0. The molecule has 2 heterocycles. The molecule has 0 aliphatic carbocycles. The maximum atomic E-state index is 12.4. The van der Waals surface area contributed by atoms with E-state index in [0.29, 0.717) is 25.9 Å². The van der Waals surface area contributed by atoms with Gasteiger partial charge in [-0.1, -0.05) is 84.9 Å². The van der Waals surface area contributed by atoms with Crippen molar-refractivity contribution in [2.45, 2.75) is 32.2 Å². The first kappa shape index (κ1) is 29.5. The van der Waals surface area contributed by atoms with Gasteiger partial charge in [-0.2, -0.15) is 0 Å². The molecule has 0 aliphatic rings. The first-order chi connectivity index (χ1) is 21.0. The van der Waals surface area contributed by atoms with Gasteiger partial charge in [-0.25, -0.2) is 9.59 Å². The lowest BCUT2D eigenvalue weighted by atomic mass is 10.1. The van der Waals surface area contributed by atoms with Crippen LogP contribution in [0.15, 0.2) is 107 Å². The van der Waals surface area contributed by atoms with Crippen LogP contribution in [0, 0.1) is 0 Å². The average molecular weight is 579 g/mol. The number of nitrogens with zero attached hydrogens (tertiary/aromatic N) is 2. The fourth-order valence-electron chi connectivity index (χ4n) is 5.20. The van der Waals surface area contributed by atoms with E-state index in [0.717, 1.165) is 50.6 Å². The van der Waals surface area contributed by atoms with Crippen LogP contribution in [0.3, 0.4) is 0 Å². The summed E-state index contributed by atoms with van der Waals surface area (Å²) in [6.45, 7) is 1.06. The van der Waals surface area contributed by atoms with Crippen LogP contribution >= 0.6 is 0 Å². The maximum absolute atomic E-state index is 12.4. The Morgan fingerprint density at radius 1 is 0.651 bits per heavy atom. The quantitative estimate of drug-likeness (QED) is 0.182. The van der Waals surface area contributed by atoms with Crippen molar-refractivity contribution in [2.75, 3.05) is 14.2 Å². The van der Waals surface area contributed by atoms with Gasteiger partial charge in [0.2, 0.25) is 0 Å². The molecule has 6 rings (SSSR count). The van der Waals surface area contributed by atoms with Crippen molar-refractivity contribution in [3.8, 4) is 0 Å². The molecule has 0 saturated carbocycles. The lowest BCUT2D eigenvalue weighted by molar-refractivity contribution is -0.107. The lowest BCUT2D eigenvalue weighted by Crippen LogP contribution is -2.17. The van der Waals surface area contributed by atoms with Crippen molar-refractivity contribution in [3.63, 3.8) is 0 Å². The van der Waals surface area contributed by atoms with Gasteiger partial charge in [0.25, 0.3) is 0 Å². The highest BCUT2D eigenvalue weighted by molar-refractivity contribution is 5.81. The van der Waals surface area contributed by atoms with Crippen molar-refractivity contribution in [2.24, 2.45) is 0 Å². The molecule has 6 aromatic rings. The van der Waals surface area contributed by atoms with Gasteiger partial charge in [-0.15, -0.1) is 0 Å². The number of H-pyrrole nitrogens is 2. The second kappa shape index (κ2) is 13.8. The number of para-hydroxylation sites is 2. The van der Waals surface area contributed by atoms with Crippen LogP contribution in [0.5, 0.6) is 0 Å². The molecule has 9 nitrogen and oxygen atoms in total. The first-order valence-electron chi connectivity index (χ1n) is 14.0. The predicted octanol–water partition coefficient (Wildman–Crippen LogP) is 4.66. The zero-order chi connectivity index (χ0) is 30.2. The normalized spacial score (nSPS) is 11.1. The van der Waals surface area contributed by atoms with Crippen LogP contribution in [0.1, 0.15) is 22.3 Å². The lowest BCUT2D eigenvalue weighted by Gasteiger charge is -2.13. The van der Waals surface area contributed by atoms with Gasteiger partial charge in [0.05, 0.1) is 35.2 Å². The summed E-state index contributed by atoms with van der Waals surface area (Å²) < 4.78 is 14.0. The molecule has 4 aromatic carbocycles. The molecule has 0 radical (unpaired) electrons. The van der Waals surface area contributed by atoms with Crippen molar-refractivity contribution >= 4 is 28.4 Å². The van der Waals surface area contributed by atoms with E-state index < -0.39 is 0 Å². The highest BCUT2D eigenvalue weighted by Gasteiger charge is 2.14. The monoisotopic (exact) mass is 578 g/mol. The molecule has 2 aromatic heterocycles. The summed E-state index contributed by atoms with van der Waals surface area (Å²) in [5, 5.41) is 0. The minimum absolute atomic E-state index is 0.109. The highest BCUT2D eigenvalue weighted by Crippen LogP contribution is 2.19. The Labute approximate surface area is 248 Å². The van der Waals surface area contributed by atoms with Crippen molar-refractivity contribution in [3.05, 3.63) is 140 Å². The number of carbonyl (C=O) groups is 1. The number of benzene rings is 4. The predicted molar refractivity (Wildman–Crippen MR) is 167 cm³/mol. The molecular formula is C34H34N4O5. The van der Waals surface area contributed by atoms with E-state index in [4.69, 9.17) is 9.47 Å². The van der Waals surface area contributed by atoms with E-state index in [1.165, 1.54) is 0 Å². The number of hydrogen-bond acceptors (Lipinski definition) is 5. The van der Waals surface area contributed by atoms with Crippen molar-refractivity contribution in [1.82, 2.24) is 19.1 Å². The fraction of sp³-hybridized carbons (Fsp3) is 0.206. The van der Waals surface area contributed by atoms with Gasteiger partial charge in [0.15, 0.2) is 6.29 Å². The molecule has 220 valence electrons. The number of fused-ring (bicyclic) bond motifs is 2. The molecule has 0 aliphatic heterocycles. The molecule has 9 heteroatoms. The Morgan fingerprint density at radius 2 is 1.12 bits per heavy atom. The summed E-state index contributed by atoms with van der Waals surface area (Å²) in [4.78, 5) is 41.0. The third-order valence-corrected chi connectivity index (χ3v) is 7.38. The molecule has 0 atom stereocenters. The van der Waals surface area contributed by atoms with Crippen molar-refractivity contribution in [1.29, 1.82) is 0 Å². The Kier molecular flexibility index (Phi) is 9.46. The van der Waals surface area contributed by atoms with E-state index in [9.17, 15) is 14.4 Å². The van der Waals surface area contributed by atoms with E-state index in [1.54, 1.807) is 23.4 Å². The SMILES string of the molecule is COC(Cc1cccc2c1[nH]c(=O)n2Cc1ccccc1)OC.O=CCc1cccc2c1[nH]c(=O)n2Cc1ccccc1. The number of aromatic nitrogens is 4. The van der Waals surface area contributed by atoms with Crippen LogP contribution in [-0.4, -0.2) is 45.9 Å². The number of aromatic amines is 2. The highest BCUT2D eigenvalue weighted by atomic mass is 16.7. The Balaban J connectivity index is 0.000000173. The van der Waals surface area contributed by atoms with E-state index in [-0.39, 0.29) is 17.7 Å². The van der Waals surface area contributed by atoms with Gasteiger partial charge >= 0.3 is 11.4 Å². The summed E-state index contributed by atoms with van der Waals surface area (Å²) >= 11 is 0. The van der Waals surface area contributed by atoms with Crippen LogP contribution in [0.2, 0.25) is 0 Å². The number of methoxy groups -OCH3 is 2. The molecule has 0 saturated heterocycles. The van der Waals surface area contributed by atoms with Crippen molar-refractivity contribution < 1.29 is 14.3 Å². The van der Waals surface area contributed by atoms with Crippen LogP contribution in [0.4, 0.5) is 0 Å². The second-order valence-corrected chi connectivity index (χ2v) is 10.1. The summed E-state index contributed by atoms with van der Waals surface area (Å²) in [6, 6.07) is 31.3. The minimum atomic E-state index is -0.332. The molecular weight excluding hydrogens is 544 g/mol. The molecule has 43 heavy (non-hydrogen) atoms. The van der Waals surface area contributed by atoms with E-state index in [2.05, 4.69) is 9.97 Å². The fourth-order valence-corrected chi connectivity index (χ4v) is 5.20. The molecule has 0 spiro atoms. The van der Waals surface area contributed by atoms with Crippen LogP contribution in [0.25, 0.3) is 22.1 Å². The topological polar surface area (TPSA) is 111 Å². The third-order valence-electron chi connectivity index (χ3n) is 7.38. The summed E-state index contributed by atoms with van der Waals surface area (Å²) in [7, 11) is 3.22. The zero-order valence-corrected chi connectivity index (χ0v) is 24.2. The smallest absolute Gasteiger partial charge is 0.326 e. The number of carbonyl (C=O) groups excluding carboxylic acids is 1. The number of rotatable bonds is 10. The molecule has 0 fully saturated rings. The number of imidazole rings is 2. The maximum Gasteiger partial charge on any atom is 0.326 e. The molecule has 0 amide bonds. The Morgan fingerprint density at radius 3 is 1.58 bits per heavy atom. The summed E-state index contributed by atoms with van der Waals surface area (Å²) in [6.07, 6.45) is 1.40.